The summed E-state index contributed by atoms with van der Waals surface area (Å²) in [5, 5.41) is 22.3. The molecule has 0 amide bonds. The molecule has 2 aromatic heterocycles. The first kappa shape index (κ1) is 20.9. The van der Waals surface area contributed by atoms with E-state index in [1.54, 1.807) is 26.1 Å². The van der Waals surface area contributed by atoms with Crippen LogP contribution in [-0.4, -0.2) is 14.8 Å². The molecule has 154 valence electrons. The molecule has 0 fully saturated rings. The van der Waals surface area contributed by atoms with Crippen LogP contribution in [0.2, 0.25) is 0 Å². The number of aromatic nitrogens is 3. The molecule has 1 atom stereocenters. The number of hydrogen-bond donors (Lipinski definition) is 1. The molecule has 0 radical (unpaired) electrons. The Kier molecular flexibility index (Phi) is 6.06. The zero-order valence-corrected chi connectivity index (χ0v) is 17.2. The number of ether oxygens (including phenoxy) is 1. The summed E-state index contributed by atoms with van der Waals surface area (Å²) >= 11 is 0. The van der Waals surface area contributed by atoms with Gasteiger partial charge in [0.25, 0.3) is 0 Å². The van der Waals surface area contributed by atoms with Gasteiger partial charge in [-0.2, -0.15) is 10.4 Å². The SMILES string of the molecule is CC.CC1Oc2cc(cnc2N)-c2c(nn(C)c2C#N)N=NCc2ccc(F)cc21. The van der Waals surface area contributed by atoms with Crippen LogP contribution < -0.4 is 10.5 Å². The highest BCUT2D eigenvalue weighted by molar-refractivity contribution is 5.79. The summed E-state index contributed by atoms with van der Waals surface area (Å²) in [5.74, 6) is 0.435. The Balaban J connectivity index is 0.00000124. The number of rotatable bonds is 0. The van der Waals surface area contributed by atoms with Crippen LogP contribution in [0.3, 0.4) is 0 Å². The Morgan fingerprint density at radius 1 is 1.30 bits per heavy atom. The highest BCUT2D eigenvalue weighted by Crippen LogP contribution is 2.37. The van der Waals surface area contributed by atoms with E-state index < -0.39 is 6.10 Å². The van der Waals surface area contributed by atoms with Gasteiger partial charge in [0, 0.05) is 24.4 Å². The molecule has 3 heterocycles. The molecule has 2 N–H and O–H groups in total. The summed E-state index contributed by atoms with van der Waals surface area (Å²) in [6.45, 7) is 6.01. The largest absolute Gasteiger partial charge is 0.482 e. The van der Waals surface area contributed by atoms with E-state index in [-0.39, 0.29) is 24.0 Å². The van der Waals surface area contributed by atoms with Crippen LogP contribution in [-0.2, 0) is 13.6 Å². The van der Waals surface area contributed by atoms with Crippen LogP contribution in [0.25, 0.3) is 11.1 Å². The molecule has 0 saturated carbocycles. The van der Waals surface area contributed by atoms with Crippen molar-refractivity contribution >= 4 is 11.6 Å². The lowest BCUT2D eigenvalue weighted by molar-refractivity contribution is 0.226. The second-order valence-corrected chi connectivity index (χ2v) is 6.39. The minimum absolute atomic E-state index is 0.191. The number of nitrogens with two attached hydrogens (primary N) is 1. The zero-order valence-electron chi connectivity index (χ0n) is 17.2. The van der Waals surface area contributed by atoms with E-state index in [0.717, 1.165) is 5.56 Å². The summed E-state index contributed by atoms with van der Waals surface area (Å²) < 4.78 is 21.3. The molecule has 4 rings (SSSR count). The highest BCUT2D eigenvalue weighted by atomic mass is 19.1. The van der Waals surface area contributed by atoms with Gasteiger partial charge in [0.05, 0.1) is 12.1 Å². The fraction of sp³-hybridized carbons (Fsp3) is 0.286. The predicted octanol–water partition coefficient (Wildman–Crippen LogP) is 4.84. The van der Waals surface area contributed by atoms with Crippen molar-refractivity contribution in [1.82, 2.24) is 14.8 Å². The average Bonchev–Trinajstić information content (AvgIpc) is 3.06. The van der Waals surface area contributed by atoms with Crippen LogP contribution in [0.5, 0.6) is 5.75 Å². The number of nitrogen functional groups attached to an aromatic ring is 1. The smallest absolute Gasteiger partial charge is 0.204 e. The molecular formula is C21H22FN7O. The lowest BCUT2D eigenvalue weighted by atomic mass is 10.0. The van der Waals surface area contributed by atoms with Crippen molar-refractivity contribution < 1.29 is 9.13 Å². The molecule has 9 heteroatoms. The minimum Gasteiger partial charge on any atom is -0.482 e. The first-order chi connectivity index (χ1) is 14.5. The van der Waals surface area contributed by atoms with Crippen LogP contribution in [0.4, 0.5) is 16.0 Å². The summed E-state index contributed by atoms with van der Waals surface area (Å²) in [5.41, 5.74) is 8.79. The standard InChI is InChI=1S/C19H16FN7O.C2H6/c1-10-14-6-13(20)4-3-11(14)9-24-25-19-17(15(7-21)27(2)26-19)12-5-16(28-10)18(22)23-8-12;1-2/h3-6,8,10H,9H2,1-2H3,(H2,22,23);1-2H3. The van der Waals surface area contributed by atoms with Crippen molar-refractivity contribution in [3.05, 3.63) is 53.1 Å². The van der Waals surface area contributed by atoms with Gasteiger partial charge in [0.1, 0.15) is 23.7 Å². The van der Waals surface area contributed by atoms with Crippen molar-refractivity contribution in [2.45, 2.75) is 33.4 Å². The van der Waals surface area contributed by atoms with E-state index in [2.05, 4.69) is 26.4 Å². The fourth-order valence-electron chi connectivity index (χ4n) is 3.18. The lowest BCUT2D eigenvalue weighted by Gasteiger charge is -2.19. The molecule has 1 aliphatic rings. The van der Waals surface area contributed by atoms with Gasteiger partial charge in [-0.15, -0.1) is 10.2 Å². The number of anilines is 1. The molecule has 8 nitrogen and oxygen atoms in total. The van der Waals surface area contributed by atoms with Crippen molar-refractivity contribution in [2.75, 3.05) is 5.73 Å². The summed E-state index contributed by atoms with van der Waals surface area (Å²) in [6.07, 6.45) is 1.03. The van der Waals surface area contributed by atoms with E-state index in [9.17, 15) is 9.65 Å². The second-order valence-electron chi connectivity index (χ2n) is 6.39. The van der Waals surface area contributed by atoms with Crippen molar-refractivity contribution in [3.63, 3.8) is 0 Å². The fourth-order valence-corrected chi connectivity index (χ4v) is 3.18. The van der Waals surface area contributed by atoms with Crippen molar-refractivity contribution in [1.29, 1.82) is 5.26 Å². The van der Waals surface area contributed by atoms with Crippen molar-refractivity contribution in [2.24, 2.45) is 17.3 Å². The maximum atomic E-state index is 13.8. The van der Waals surface area contributed by atoms with E-state index in [1.165, 1.54) is 23.0 Å². The van der Waals surface area contributed by atoms with E-state index >= 15 is 0 Å². The minimum atomic E-state index is -0.497. The summed E-state index contributed by atoms with van der Waals surface area (Å²) in [4.78, 5) is 4.18. The Hall–Kier alpha value is -3.80. The van der Waals surface area contributed by atoms with Crippen molar-refractivity contribution in [3.8, 4) is 22.9 Å². The third kappa shape index (κ3) is 3.85. The normalized spacial score (nSPS) is 14.6. The Morgan fingerprint density at radius 2 is 2.07 bits per heavy atom. The molecule has 1 aliphatic heterocycles. The summed E-state index contributed by atoms with van der Waals surface area (Å²) in [6, 6.07) is 8.23. The molecule has 1 aromatic carbocycles. The van der Waals surface area contributed by atoms with E-state index in [1.807, 2.05) is 13.8 Å². The molecule has 30 heavy (non-hydrogen) atoms. The monoisotopic (exact) mass is 407 g/mol. The van der Waals surface area contributed by atoms with Gasteiger partial charge < -0.3 is 10.5 Å². The second kappa shape index (κ2) is 8.69. The van der Waals surface area contributed by atoms with Crippen LogP contribution in [0.15, 0.2) is 40.7 Å². The van der Waals surface area contributed by atoms with Crippen LogP contribution in [0, 0.1) is 17.1 Å². The van der Waals surface area contributed by atoms with Gasteiger partial charge >= 0.3 is 0 Å². The first-order valence-corrected chi connectivity index (χ1v) is 9.53. The van der Waals surface area contributed by atoms with Crippen LogP contribution in [0.1, 0.15) is 43.7 Å². The highest BCUT2D eigenvalue weighted by Gasteiger charge is 2.22. The topological polar surface area (TPSA) is 114 Å². The number of azo groups is 1. The number of fused-ring (bicyclic) bond motifs is 5. The van der Waals surface area contributed by atoms with E-state index in [0.29, 0.717) is 28.1 Å². The third-order valence-corrected chi connectivity index (χ3v) is 4.56. The van der Waals surface area contributed by atoms with Gasteiger partial charge in [-0.3, -0.25) is 4.68 Å². The van der Waals surface area contributed by atoms with Crippen LogP contribution >= 0.6 is 0 Å². The molecule has 0 spiro atoms. The Labute approximate surface area is 173 Å². The average molecular weight is 407 g/mol. The lowest BCUT2D eigenvalue weighted by Crippen LogP contribution is -2.09. The zero-order chi connectivity index (χ0) is 21.8. The Bertz CT molecular complexity index is 1150. The quantitative estimate of drug-likeness (QED) is 0.573. The molecular weight excluding hydrogens is 385 g/mol. The first-order valence-electron chi connectivity index (χ1n) is 9.53. The maximum absolute atomic E-state index is 13.8. The van der Waals surface area contributed by atoms with Gasteiger partial charge in [-0.1, -0.05) is 19.9 Å². The molecule has 2 bridgehead atoms. The molecule has 0 aliphatic carbocycles. The number of pyridine rings is 1. The maximum Gasteiger partial charge on any atom is 0.204 e. The Morgan fingerprint density at radius 3 is 2.80 bits per heavy atom. The third-order valence-electron chi connectivity index (χ3n) is 4.56. The number of halogens is 1. The van der Waals surface area contributed by atoms with Gasteiger partial charge in [-0.25, -0.2) is 9.37 Å². The van der Waals surface area contributed by atoms with E-state index in [4.69, 9.17) is 10.5 Å². The summed E-state index contributed by atoms with van der Waals surface area (Å²) in [7, 11) is 1.65. The number of nitriles is 1. The number of benzene rings is 1. The number of hydrogen-bond acceptors (Lipinski definition) is 7. The van der Waals surface area contributed by atoms with Gasteiger partial charge in [0.15, 0.2) is 11.6 Å². The predicted molar refractivity (Wildman–Crippen MR) is 111 cm³/mol. The molecule has 1 unspecified atom stereocenters. The van der Waals surface area contributed by atoms with Gasteiger partial charge in [0.2, 0.25) is 5.82 Å². The molecule has 3 aromatic rings. The number of aryl methyl sites for hydroxylation is 1. The van der Waals surface area contributed by atoms with Gasteiger partial charge in [-0.05, 0) is 30.7 Å². The molecule has 0 saturated heterocycles. The number of nitrogens with zero attached hydrogens (tertiary/aromatic N) is 6.